The Hall–Kier alpha value is -2.36. The standard InChI is InChI=1S/C15H13ClN4O/c16-13-6-2-1-4-11(13)12-5-3-7-14-15(12)21-10(8-18-14)9-19-20-17/h1-7,10,18H,8-9H2. The second-order valence-electron chi connectivity index (χ2n) is 4.70. The molecule has 0 fully saturated rings. The Morgan fingerprint density at radius 3 is 2.86 bits per heavy atom. The van der Waals surface area contributed by atoms with Gasteiger partial charge < -0.3 is 10.1 Å². The Morgan fingerprint density at radius 2 is 2.05 bits per heavy atom. The molecular formula is C15H13ClN4O. The van der Waals surface area contributed by atoms with E-state index in [2.05, 4.69) is 15.3 Å². The highest BCUT2D eigenvalue weighted by molar-refractivity contribution is 6.33. The summed E-state index contributed by atoms with van der Waals surface area (Å²) in [5.74, 6) is 0.745. The van der Waals surface area contributed by atoms with E-state index in [0.29, 0.717) is 18.1 Å². The molecule has 1 aliphatic rings. The lowest BCUT2D eigenvalue weighted by molar-refractivity contribution is 0.215. The molecule has 5 nitrogen and oxygen atoms in total. The molecule has 2 aromatic carbocycles. The maximum absolute atomic E-state index is 8.43. The number of halogens is 1. The van der Waals surface area contributed by atoms with Crippen LogP contribution in [0.15, 0.2) is 47.6 Å². The van der Waals surface area contributed by atoms with Crippen LogP contribution in [0.3, 0.4) is 0 Å². The predicted octanol–water partition coefficient (Wildman–Crippen LogP) is 4.49. The minimum atomic E-state index is -0.183. The molecule has 0 saturated heterocycles. The van der Waals surface area contributed by atoms with Crippen molar-refractivity contribution < 1.29 is 4.74 Å². The first kappa shape index (κ1) is 13.6. The third-order valence-electron chi connectivity index (χ3n) is 3.33. The van der Waals surface area contributed by atoms with Gasteiger partial charge in [0.25, 0.3) is 0 Å². The van der Waals surface area contributed by atoms with Gasteiger partial charge in [0.05, 0.1) is 18.8 Å². The van der Waals surface area contributed by atoms with Crippen LogP contribution in [0, 0.1) is 0 Å². The maximum atomic E-state index is 8.43. The van der Waals surface area contributed by atoms with Gasteiger partial charge in [0.1, 0.15) is 6.10 Å². The molecule has 0 spiro atoms. The van der Waals surface area contributed by atoms with E-state index in [1.807, 2.05) is 42.5 Å². The topological polar surface area (TPSA) is 70.0 Å². The van der Waals surface area contributed by atoms with Crippen LogP contribution >= 0.6 is 11.6 Å². The number of nitrogens with zero attached hydrogens (tertiary/aromatic N) is 3. The van der Waals surface area contributed by atoms with E-state index >= 15 is 0 Å². The van der Waals surface area contributed by atoms with Gasteiger partial charge in [-0.15, -0.1) is 0 Å². The number of azide groups is 1. The molecule has 1 N–H and O–H groups in total. The van der Waals surface area contributed by atoms with E-state index in [0.717, 1.165) is 22.6 Å². The van der Waals surface area contributed by atoms with Gasteiger partial charge in [0, 0.05) is 21.1 Å². The molecule has 0 radical (unpaired) electrons. The highest BCUT2D eigenvalue weighted by Gasteiger charge is 2.22. The van der Waals surface area contributed by atoms with Crippen molar-refractivity contribution in [1.29, 1.82) is 0 Å². The van der Waals surface area contributed by atoms with E-state index in [9.17, 15) is 0 Å². The third-order valence-corrected chi connectivity index (χ3v) is 3.66. The smallest absolute Gasteiger partial charge is 0.150 e. The molecule has 1 heterocycles. The van der Waals surface area contributed by atoms with Crippen molar-refractivity contribution in [3.05, 3.63) is 57.9 Å². The fourth-order valence-electron chi connectivity index (χ4n) is 2.36. The van der Waals surface area contributed by atoms with Crippen LogP contribution in [0.1, 0.15) is 0 Å². The highest BCUT2D eigenvalue weighted by atomic mass is 35.5. The molecule has 1 aliphatic heterocycles. The van der Waals surface area contributed by atoms with Crippen LogP contribution in [-0.2, 0) is 0 Å². The Labute approximate surface area is 127 Å². The summed E-state index contributed by atoms with van der Waals surface area (Å²) in [5.41, 5.74) is 11.2. The fraction of sp³-hybridized carbons (Fsp3) is 0.200. The summed E-state index contributed by atoms with van der Waals surface area (Å²) in [6, 6.07) is 13.5. The first-order valence-corrected chi connectivity index (χ1v) is 6.96. The van der Waals surface area contributed by atoms with E-state index < -0.39 is 0 Å². The average molecular weight is 301 g/mol. The van der Waals surface area contributed by atoms with Crippen molar-refractivity contribution >= 4 is 17.3 Å². The van der Waals surface area contributed by atoms with Gasteiger partial charge >= 0.3 is 0 Å². The highest BCUT2D eigenvalue weighted by Crippen LogP contribution is 2.41. The van der Waals surface area contributed by atoms with E-state index in [1.54, 1.807) is 0 Å². The van der Waals surface area contributed by atoms with Crippen molar-refractivity contribution in [3.8, 4) is 16.9 Å². The number of rotatable bonds is 3. The first-order valence-electron chi connectivity index (χ1n) is 6.59. The largest absolute Gasteiger partial charge is 0.486 e. The molecule has 106 valence electrons. The maximum Gasteiger partial charge on any atom is 0.150 e. The summed E-state index contributed by atoms with van der Waals surface area (Å²) in [7, 11) is 0. The van der Waals surface area contributed by atoms with Crippen LogP contribution in [0.2, 0.25) is 5.02 Å². The molecule has 0 bridgehead atoms. The van der Waals surface area contributed by atoms with Crippen LogP contribution in [-0.4, -0.2) is 19.2 Å². The molecule has 1 unspecified atom stereocenters. The molecule has 0 aromatic heterocycles. The second kappa shape index (κ2) is 5.95. The lowest BCUT2D eigenvalue weighted by atomic mass is 10.0. The van der Waals surface area contributed by atoms with Gasteiger partial charge in [-0.2, -0.15) is 0 Å². The quantitative estimate of drug-likeness (QED) is 0.515. The first-order chi connectivity index (χ1) is 10.3. The number of nitrogens with one attached hydrogen (secondary N) is 1. The van der Waals surface area contributed by atoms with E-state index in [1.165, 1.54) is 0 Å². The molecule has 6 heteroatoms. The summed E-state index contributed by atoms with van der Waals surface area (Å²) in [6.45, 7) is 0.901. The van der Waals surface area contributed by atoms with Crippen LogP contribution < -0.4 is 10.1 Å². The lowest BCUT2D eigenvalue weighted by Crippen LogP contribution is -2.33. The van der Waals surface area contributed by atoms with Crippen molar-refractivity contribution in [1.82, 2.24) is 0 Å². The zero-order valence-electron chi connectivity index (χ0n) is 11.2. The molecule has 21 heavy (non-hydrogen) atoms. The van der Waals surface area contributed by atoms with Gasteiger partial charge in [0.2, 0.25) is 0 Å². The average Bonchev–Trinajstić information content (AvgIpc) is 2.53. The normalized spacial score (nSPS) is 16.1. The second-order valence-corrected chi connectivity index (χ2v) is 5.10. The number of fused-ring (bicyclic) bond motifs is 1. The molecule has 0 amide bonds. The number of para-hydroxylation sites is 1. The van der Waals surface area contributed by atoms with Gasteiger partial charge in [-0.3, -0.25) is 0 Å². The van der Waals surface area contributed by atoms with Crippen LogP contribution in [0.4, 0.5) is 5.69 Å². The van der Waals surface area contributed by atoms with Crippen molar-refractivity contribution in [3.63, 3.8) is 0 Å². The number of anilines is 1. The Balaban J connectivity index is 2.01. The monoisotopic (exact) mass is 300 g/mol. The van der Waals surface area contributed by atoms with Crippen LogP contribution in [0.25, 0.3) is 21.6 Å². The summed E-state index contributed by atoms with van der Waals surface area (Å²) < 4.78 is 5.99. The summed E-state index contributed by atoms with van der Waals surface area (Å²) >= 11 is 6.28. The van der Waals surface area contributed by atoms with Gasteiger partial charge in [-0.05, 0) is 17.7 Å². The molecule has 3 rings (SSSR count). The summed E-state index contributed by atoms with van der Waals surface area (Å²) in [4.78, 5) is 2.78. The SMILES string of the molecule is [N-]=[N+]=NCC1CNc2cccc(-c3ccccc3Cl)c2O1. The predicted molar refractivity (Wildman–Crippen MR) is 83.8 cm³/mol. The fourth-order valence-corrected chi connectivity index (χ4v) is 2.59. The van der Waals surface area contributed by atoms with Crippen molar-refractivity contribution in [2.45, 2.75) is 6.10 Å². The molecule has 0 saturated carbocycles. The minimum absolute atomic E-state index is 0.183. The van der Waals surface area contributed by atoms with Crippen molar-refractivity contribution in [2.75, 3.05) is 18.4 Å². The third kappa shape index (κ3) is 2.75. The van der Waals surface area contributed by atoms with Gasteiger partial charge in [-0.25, -0.2) is 0 Å². The van der Waals surface area contributed by atoms with Crippen LogP contribution in [0.5, 0.6) is 5.75 Å². The number of benzene rings is 2. The zero-order chi connectivity index (χ0) is 14.7. The van der Waals surface area contributed by atoms with Gasteiger partial charge in [-0.1, -0.05) is 47.0 Å². The number of ether oxygens (including phenoxy) is 1. The minimum Gasteiger partial charge on any atom is -0.486 e. The zero-order valence-corrected chi connectivity index (χ0v) is 11.9. The van der Waals surface area contributed by atoms with E-state index in [-0.39, 0.29) is 6.10 Å². The number of hydrogen-bond acceptors (Lipinski definition) is 3. The summed E-state index contributed by atoms with van der Waals surface area (Å²) in [5, 5.41) is 7.55. The molecule has 1 atom stereocenters. The summed E-state index contributed by atoms with van der Waals surface area (Å²) in [6.07, 6.45) is -0.183. The number of hydrogen-bond donors (Lipinski definition) is 1. The Bertz CT molecular complexity index is 713. The van der Waals surface area contributed by atoms with E-state index in [4.69, 9.17) is 21.9 Å². The molecular weight excluding hydrogens is 288 g/mol. The van der Waals surface area contributed by atoms with Crippen molar-refractivity contribution in [2.24, 2.45) is 5.11 Å². The Kier molecular flexibility index (Phi) is 3.86. The molecule has 2 aromatic rings. The molecule has 0 aliphatic carbocycles. The lowest BCUT2D eigenvalue weighted by Gasteiger charge is -2.28. The van der Waals surface area contributed by atoms with Gasteiger partial charge in [0.15, 0.2) is 5.75 Å². The Morgan fingerprint density at radius 1 is 1.24 bits per heavy atom.